The predicted molar refractivity (Wildman–Crippen MR) is 76.8 cm³/mol. The van der Waals surface area contributed by atoms with E-state index in [-0.39, 0.29) is 4.90 Å². The first-order chi connectivity index (χ1) is 8.95. The van der Waals surface area contributed by atoms with Crippen molar-refractivity contribution in [1.29, 1.82) is 0 Å². The van der Waals surface area contributed by atoms with Crippen LogP contribution in [0.2, 0.25) is 0 Å². The molecular formula is C13H17N3O2S. The molecule has 0 atom stereocenters. The molecular weight excluding hydrogens is 262 g/mol. The van der Waals surface area contributed by atoms with Crippen molar-refractivity contribution in [3.63, 3.8) is 0 Å². The zero-order valence-corrected chi connectivity index (χ0v) is 12.0. The van der Waals surface area contributed by atoms with Crippen LogP contribution in [0.3, 0.4) is 0 Å². The van der Waals surface area contributed by atoms with Gasteiger partial charge in [0, 0.05) is 26.0 Å². The van der Waals surface area contributed by atoms with E-state index in [0.717, 1.165) is 23.3 Å². The molecule has 2 aromatic rings. The van der Waals surface area contributed by atoms with Crippen LogP contribution in [0.15, 0.2) is 35.2 Å². The summed E-state index contributed by atoms with van der Waals surface area (Å²) < 4.78 is 25.3. The van der Waals surface area contributed by atoms with E-state index in [1.807, 2.05) is 19.1 Å². The van der Waals surface area contributed by atoms with Crippen LogP contribution in [-0.2, 0) is 10.0 Å². The molecule has 0 saturated carbocycles. The van der Waals surface area contributed by atoms with Crippen molar-refractivity contribution in [3.8, 4) is 0 Å². The van der Waals surface area contributed by atoms with Gasteiger partial charge in [0.2, 0.25) is 10.0 Å². The maximum atomic E-state index is 12.0. The van der Waals surface area contributed by atoms with Crippen molar-refractivity contribution in [3.05, 3.63) is 30.3 Å². The maximum Gasteiger partial charge on any atom is 0.242 e. The van der Waals surface area contributed by atoms with Gasteiger partial charge in [-0.2, -0.15) is 0 Å². The van der Waals surface area contributed by atoms with E-state index < -0.39 is 10.0 Å². The number of rotatable bonds is 4. The van der Waals surface area contributed by atoms with Crippen LogP contribution in [0, 0.1) is 0 Å². The average Bonchev–Trinajstić information content (AvgIpc) is 2.38. The van der Waals surface area contributed by atoms with E-state index in [1.54, 1.807) is 18.2 Å². The first-order valence-corrected chi connectivity index (χ1v) is 7.46. The first-order valence-electron chi connectivity index (χ1n) is 6.02. The van der Waals surface area contributed by atoms with E-state index >= 15 is 0 Å². The predicted octanol–water partition coefficient (Wildman–Crippen LogP) is 1.92. The zero-order valence-electron chi connectivity index (χ0n) is 11.2. The smallest absolute Gasteiger partial charge is 0.242 e. The van der Waals surface area contributed by atoms with Gasteiger partial charge in [-0.05, 0) is 37.3 Å². The molecule has 1 N–H and O–H groups in total. The summed E-state index contributed by atoms with van der Waals surface area (Å²) in [4.78, 5) is 4.69. The van der Waals surface area contributed by atoms with Crippen LogP contribution in [-0.4, -0.2) is 38.3 Å². The molecule has 0 aliphatic carbocycles. The summed E-state index contributed by atoms with van der Waals surface area (Å²) >= 11 is 0. The van der Waals surface area contributed by atoms with E-state index in [9.17, 15) is 8.42 Å². The van der Waals surface area contributed by atoms with Crippen molar-refractivity contribution >= 4 is 26.7 Å². The van der Waals surface area contributed by atoms with Crippen LogP contribution < -0.4 is 5.32 Å². The fraction of sp³-hybridized carbons (Fsp3) is 0.308. The summed E-state index contributed by atoms with van der Waals surface area (Å²) in [5, 5.41) is 3.93. The second-order valence-electron chi connectivity index (χ2n) is 4.37. The van der Waals surface area contributed by atoms with E-state index in [0.29, 0.717) is 0 Å². The van der Waals surface area contributed by atoms with Gasteiger partial charge in [-0.15, -0.1) is 0 Å². The Morgan fingerprint density at radius 3 is 2.58 bits per heavy atom. The molecule has 0 unspecified atom stereocenters. The summed E-state index contributed by atoms with van der Waals surface area (Å²) in [5.74, 6) is 0.790. The molecule has 0 aliphatic heterocycles. The highest BCUT2D eigenvalue weighted by molar-refractivity contribution is 7.89. The van der Waals surface area contributed by atoms with Crippen LogP contribution in [0.1, 0.15) is 6.92 Å². The van der Waals surface area contributed by atoms with Crippen molar-refractivity contribution in [2.24, 2.45) is 0 Å². The number of nitrogens with one attached hydrogen (secondary N) is 1. The van der Waals surface area contributed by atoms with Gasteiger partial charge in [0.25, 0.3) is 0 Å². The highest BCUT2D eigenvalue weighted by atomic mass is 32.2. The summed E-state index contributed by atoms with van der Waals surface area (Å²) in [6.45, 7) is 2.80. The summed E-state index contributed by atoms with van der Waals surface area (Å²) in [6, 6.07) is 8.67. The lowest BCUT2D eigenvalue weighted by atomic mass is 10.2. The molecule has 19 heavy (non-hydrogen) atoms. The van der Waals surface area contributed by atoms with Gasteiger partial charge in [0.05, 0.1) is 10.4 Å². The quantitative estimate of drug-likeness (QED) is 0.928. The average molecular weight is 279 g/mol. The van der Waals surface area contributed by atoms with Crippen LogP contribution in [0.5, 0.6) is 0 Å². The maximum absolute atomic E-state index is 12.0. The highest BCUT2D eigenvalue weighted by Crippen LogP contribution is 2.21. The van der Waals surface area contributed by atoms with Gasteiger partial charge in [0.15, 0.2) is 0 Å². The van der Waals surface area contributed by atoms with E-state index in [1.165, 1.54) is 18.4 Å². The minimum absolute atomic E-state index is 0.281. The van der Waals surface area contributed by atoms with Crippen molar-refractivity contribution < 1.29 is 8.42 Å². The number of hydrogen-bond donors (Lipinski definition) is 1. The Morgan fingerprint density at radius 1 is 1.21 bits per heavy atom. The summed E-state index contributed by atoms with van der Waals surface area (Å²) in [7, 11) is -0.359. The third-order valence-electron chi connectivity index (χ3n) is 2.80. The van der Waals surface area contributed by atoms with Gasteiger partial charge in [-0.3, -0.25) is 0 Å². The second-order valence-corrected chi connectivity index (χ2v) is 6.52. The summed E-state index contributed by atoms with van der Waals surface area (Å²) in [5.41, 5.74) is 0.774. The highest BCUT2D eigenvalue weighted by Gasteiger charge is 2.17. The van der Waals surface area contributed by atoms with Gasteiger partial charge < -0.3 is 5.32 Å². The van der Waals surface area contributed by atoms with Crippen LogP contribution >= 0.6 is 0 Å². The molecule has 5 nitrogen and oxygen atoms in total. The van der Waals surface area contributed by atoms with Crippen molar-refractivity contribution in [2.45, 2.75) is 11.8 Å². The van der Waals surface area contributed by atoms with Crippen molar-refractivity contribution in [1.82, 2.24) is 9.29 Å². The Morgan fingerprint density at radius 2 is 1.95 bits per heavy atom. The number of pyridine rings is 1. The number of sulfonamides is 1. The lowest BCUT2D eigenvalue weighted by Gasteiger charge is -2.12. The largest absolute Gasteiger partial charge is 0.370 e. The minimum Gasteiger partial charge on any atom is -0.370 e. The fourth-order valence-electron chi connectivity index (χ4n) is 1.75. The lowest BCUT2D eigenvalue weighted by molar-refractivity contribution is 0.521. The first kappa shape index (κ1) is 13.8. The summed E-state index contributed by atoms with van der Waals surface area (Å²) in [6.07, 6.45) is 0. The third-order valence-corrected chi connectivity index (χ3v) is 4.61. The Hall–Kier alpha value is -1.66. The van der Waals surface area contributed by atoms with E-state index in [4.69, 9.17) is 0 Å². The number of nitrogens with zero attached hydrogens (tertiary/aromatic N) is 2. The normalized spacial score (nSPS) is 12.0. The molecule has 1 aromatic heterocycles. The SMILES string of the molecule is CCNc1ccc2cc(S(=O)(=O)N(C)C)ccc2n1. The molecule has 0 aliphatic rings. The Bertz CT molecular complexity index is 696. The Kier molecular flexibility index (Phi) is 3.73. The third kappa shape index (κ3) is 2.69. The van der Waals surface area contributed by atoms with Gasteiger partial charge in [0.1, 0.15) is 5.82 Å². The van der Waals surface area contributed by atoms with E-state index in [2.05, 4.69) is 10.3 Å². The van der Waals surface area contributed by atoms with Gasteiger partial charge in [-0.1, -0.05) is 0 Å². The van der Waals surface area contributed by atoms with Crippen molar-refractivity contribution in [2.75, 3.05) is 26.0 Å². The number of hydrogen-bond acceptors (Lipinski definition) is 4. The second kappa shape index (κ2) is 5.14. The molecule has 0 fully saturated rings. The number of benzene rings is 1. The standard InChI is InChI=1S/C13H17N3O2S/c1-4-14-13-8-5-10-9-11(6-7-12(10)15-13)19(17,18)16(2)3/h5-9H,4H2,1-3H3,(H,14,15). The molecule has 0 radical (unpaired) electrons. The van der Waals surface area contributed by atoms with Crippen LogP contribution in [0.4, 0.5) is 5.82 Å². The minimum atomic E-state index is -3.40. The molecule has 0 bridgehead atoms. The molecule has 6 heteroatoms. The monoisotopic (exact) mass is 279 g/mol. The van der Waals surface area contributed by atoms with Gasteiger partial charge >= 0.3 is 0 Å². The molecule has 0 amide bonds. The Balaban J connectivity index is 2.51. The molecule has 1 heterocycles. The van der Waals surface area contributed by atoms with Gasteiger partial charge in [-0.25, -0.2) is 17.7 Å². The molecule has 0 saturated heterocycles. The van der Waals surface area contributed by atoms with Crippen LogP contribution in [0.25, 0.3) is 10.9 Å². The fourth-order valence-corrected chi connectivity index (χ4v) is 2.69. The topological polar surface area (TPSA) is 62.3 Å². The number of aromatic nitrogens is 1. The molecule has 0 spiro atoms. The molecule has 102 valence electrons. The zero-order chi connectivity index (χ0) is 14.0. The number of fused-ring (bicyclic) bond motifs is 1. The lowest BCUT2D eigenvalue weighted by Crippen LogP contribution is -2.22. The molecule has 2 rings (SSSR count). The molecule has 1 aromatic carbocycles. The number of anilines is 1. The Labute approximate surface area is 113 Å².